The summed E-state index contributed by atoms with van der Waals surface area (Å²) in [7, 11) is 1.63. The first-order chi connectivity index (χ1) is 9.65. The molecule has 0 radical (unpaired) electrons. The van der Waals surface area contributed by atoms with E-state index in [9.17, 15) is 0 Å². The fraction of sp³-hybridized carbons (Fsp3) is 0.267. The Hall–Kier alpha value is -1.59. The van der Waals surface area contributed by atoms with E-state index in [4.69, 9.17) is 15.2 Å². The Labute approximate surface area is 127 Å². The maximum absolute atomic E-state index is 6.32. The van der Waals surface area contributed by atoms with Crippen LogP contribution in [0.4, 0.5) is 0 Å². The van der Waals surface area contributed by atoms with Crippen molar-refractivity contribution in [1.29, 1.82) is 0 Å². The molecule has 0 aliphatic carbocycles. The molecule has 1 aromatic carbocycles. The van der Waals surface area contributed by atoms with Gasteiger partial charge in [0.05, 0.1) is 26.0 Å². The lowest BCUT2D eigenvalue weighted by Gasteiger charge is -2.17. The molecule has 1 unspecified atom stereocenters. The van der Waals surface area contributed by atoms with Gasteiger partial charge in [0.1, 0.15) is 11.5 Å². The van der Waals surface area contributed by atoms with E-state index in [1.165, 1.54) is 0 Å². The van der Waals surface area contributed by atoms with Gasteiger partial charge in [-0.15, -0.1) is 0 Å². The summed E-state index contributed by atoms with van der Waals surface area (Å²) < 4.78 is 11.8. The smallest absolute Gasteiger partial charge is 0.137 e. The minimum absolute atomic E-state index is 0.314. The highest BCUT2D eigenvalue weighted by Gasteiger charge is 2.15. The van der Waals surface area contributed by atoms with Crippen LogP contribution in [0.25, 0.3) is 0 Å². The van der Waals surface area contributed by atoms with Gasteiger partial charge in [-0.1, -0.05) is 22.0 Å². The fourth-order valence-electron chi connectivity index (χ4n) is 1.97. The van der Waals surface area contributed by atoms with Gasteiger partial charge < -0.3 is 15.2 Å². The first-order valence-corrected chi connectivity index (χ1v) is 7.11. The van der Waals surface area contributed by atoms with Gasteiger partial charge in [-0.05, 0) is 30.7 Å². The third-order valence-electron chi connectivity index (χ3n) is 2.94. The summed E-state index contributed by atoms with van der Waals surface area (Å²) in [6, 6.07) is 7.38. The second kappa shape index (κ2) is 6.72. The van der Waals surface area contributed by atoms with Crippen molar-refractivity contribution < 1.29 is 9.47 Å². The van der Waals surface area contributed by atoms with Crippen molar-refractivity contribution in [1.82, 2.24) is 4.98 Å². The second-order valence-electron chi connectivity index (χ2n) is 4.25. The number of rotatable bonds is 5. The van der Waals surface area contributed by atoms with Gasteiger partial charge >= 0.3 is 0 Å². The summed E-state index contributed by atoms with van der Waals surface area (Å²) in [4.78, 5) is 4.17. The minimum atomic E-state index is -0.314. The Balaban J connectivity index is 2.35. The molecule has 0 spiro atoms. The van der Waals surface area contributed by atoms with Gasteiger partial charge in [0, 0.05) is 16.2 Å². The van der Waals surface area contributed by atoms with Crippen molar-refractivity contribution in [2.75, 3.05) is 13.7 Å². The van der Waals surface area contributed by atoms with Crippen LogP contribution in [0.2, 0.25) is 0 Å². The standard InChI is InChI=1S/C15H17BrN2O2/c1-3-20-12-6-10(8-18-9-12)15(17)13-5-4-11(16)7-14(13)19-2/h4-9,15H,3,17H2,1-2H3. The van der Waals surface area contributed by atoms with Crippen LogP contribution < -0.4 is 15.2 Å². The molecule has 0 amide bonds. The van der Waals surface area contributed by atoms with Crippen LogP contribution in [0.15, 0.2) is 41.1 Å². The zero-order valence-electron chi connectivity index (χ0n) is 11.5. The molecule has 1 aromatic heterocycles. The number of halogens is 1. The van der Waals surface area contributed by atoms with Crippen molar-refractivity contribution in [2.45, 2.75) is 13.0 Å². The third-order valence-corrected chi connectivity index (χ3v) is 3.43. The van der Waals surface area contributed by atoms with Crippen molar-refractivity contribution in [3.8, 4) is 11.5 Å². The van der Waals surface area contributed by atoms with Crippen molar-refractivity contribution >= 4 is 15.9 Å². The highest BCUT2D eigenvalue weighted by atomic mass is 79.9. The van der Waals surface area contributed by atoms with Gasteiger partial charge in [0.2, 0.25) is 0 Å². The van der Waals surface area contributed by atoms with Crippen LogP contribution in [0.1, 0.15) is 24.1 Å². The summed E-state index contributed by atoms with van der Waals surface area (Å²) >= 11 is 3.42. The van der Waals surface area contributed by atoms with Gasteiger partial charge in [-0.2, -0.15) is 0 Å². The summed E-state index contributed by atoms with van der Waals surface area (Å²) in [5.74, 6) is 1.46. The van der Waals surface area contributed by atoms with Crippen LogP contribution in [0.3, 0.4) is 0 Å². The average Bonchev–Trinajstić information content (AvgIpc) is 2.47. The van der Waals surface area contributed by atoms with E-state index < -0.39 is 0 Å². The predicted octanol–water partition coefficient (Wildman–Crippen LogP) is 3.30. The van der Waals surface area contributed by atoms with Gasteiger partial charge in [0.15, 0.2) is 0 Å². The van der Waals surface area contributed by atoms with E-state index in [0.717, 1.165) is 27.1 Å². The van der Waals surface area contributed by atoms with Crippen LogP contribution in [-0.2, 0) is 0 Å². The Morgan fingerprint density at radius 3 is 2.80 bits per heavy atom. The molecule has 1 heterocycles. The SMILES string of the molecule is CCOc1cncc(C(N)c2ccc(Br)cc2OC)c1. The summed E-state index contributed by atoms with van der Waals surface area (Å²) in [5, 5.41) is 0. The lowest BCUT2D eigenvalue weighted by Crippen LogP contribution is -2.13. The Morgan fingerprint density at radius 2 is 2.10 bits per heavy atom. The fourth-order valence-corrected chi connectivity index (χ4v) is 2.31. The van der Waals surface area contributed by atoms with Crippen LogP contribution in [0.5, 0.6) is 11.5 Å². The molecule has 2 aromatic rings. The monoisotopic (exact) mass is 336 g/mol. The van der Waals surface area contributed by atoms with Crippen molar-refractivity contribution in [3.63, 3.8) is 0 Å². The maximum Gasteiger partial charge on any atom is 0.137 e. The predicted molar refractivity (Wildman–Crippen MR) is 82.1 cm³/mol. The molecular weight excluding hydrogens is 320 g/mol. The maximum atomic E-state index is 6.32. The van der Waals surface area contributed by atoms with E-state index in [-0.39, 0.29) is 6.04 Å². The van der Waals surface area contributed by atoms with Crippen LogP contribution in [0, 0.1) is 0 Å². The number of aromatic nitrogens is 1. The summed E-state index contributed by atoms with van der Waals surface area (Å²) in [5.41, 5.74) is 8.11. The van der Waals surface area contributed by atoms with E-state index in [2.05, 4.69) is 20.9 Å². The number of ether oxygens (including phenoxy) is 2. The van der Waals surface area contributed by atoms with E-state index in [1.54, 1.807) is 19.5 Å². The molecule has 0 saturated heterocycles. The summed E-state index contributed by atoms with van der Waals surface area (Å²) in [6.45, 7) is 2.53. The number of methoxy groups -OCH3 is 1. The molecular formula is C15H17BrN2O2. The van der Waals surface area contributed by atoms with E-state index in [0.29, 0.717) is 6.61 Å². The quantitative estimate of drug-likeness (QED) is 0.910. The first-order valence-electron chi connectivity index (χ1n) is 6.32. The highest BCUT2D eigenvalue weighted by Crippen LogP contribution is 2.31. The minimum Gasteiger partial charge on any atom is -0.496 e. The Kier molecular flexibility index (Phi) is 4.98. The molecule has 20 heavy (non-hydrogen) atoms. The van der Waals surface area contributed by atoms with Gasteiger partial charge in [0.25, 0.3) is 0 Å². The van der Waals surface area contributed by atoms with Crippen LogP contribution >= 0.6 is 15.9 Å². The zero-order valence-corrected chi connectivity index (χ0v) is 13.1. The molecule has 5 heteroatoms. The lowest BCUT2D eigenvalue weighted by atomic mass is 10.00. The second-order valence-corrected chi connectivity index (χ2v) is 5.17. The van der Waals surface area contributed by atoms with Crippen LogP contribution in [-0.4, -0.2) is 18.7 Å². The molecule has 0 fully saturated rings. The van der Waals surface area contributed by atoms with Gasteiger partial charge in [-0.25, -0.2) is 0 Å². The molecule has 0 bridgehead atoms. The molecule has 106 valence electrons. The number of pyridine rings is 1. The van der Waals surface area contributed by atoms with E-state index >= 15 is 0 Å². The molecule has 4 nitrogen and oxygen atoms in total. The first kappa shape index (κ1) is 14.8. The third kappa shape index (κ3) is 3.29. The number of nitrogens with two attached hydrogens (primary N) is 1. The van der Waals surface area contributed by atoms with E-state index in [1.807, 2.05) is 31.2 Å². The Morgan fingerprint density at radius 1 is 1.30 bits per heavy atom. The molecule has 0 saturated carbocycles. The molecule has 0 aliphatic rings. The highest BCUT2D eigenvalue weighted by molar-refractivity contribution is 9.10. The molecule has 0 aliphatic heterocycles. The van der Waals surface area contributed by atoms with Gasteiger partial charge in [-0.3, -0.25) is 4.98 Å². The topological polar surface area (TPSA) is 57.4 Å². The largest absolute Gasteiger partial charge is 0.496 e. The average molecular weight is 337 g/mol. The number of nitrogens with zero attached hydrogens (tertiary/aromatic N) is 1. The Bertz CT molecular complexity index is 590. The number of hydrogen-bond donors (Lipinski definition) is 1. The number of benzene rings is 1. The van der Waals surface area contributed by atoms with Crippen molar-refractivity contribution in [2.24, 2.45) is 5.73 Å². The summed E-state index contributed by atoms with van der Waals surface area (Å²) in [6.07, 6.45) is 3.42. The molecule has 2 rings (SSSR count). The normalized spacial score (nSPS) is 12.0. The molecule has 1 atom stereocenters. The lowest BCUT2D eigenvalue weighted by molar-refractivity contribution is 0.338. The zero-order chi connectivity index (χ0) is 14.5. The molecule has 2 N–H and O–H groups in total. The van der Waals surface area contributed by atoms with Crippen molar-refractivity contribution in [3.05, 3.63) is 52.3 Å². The number of hydrogen-bond acceptors (Lipinski definition) is 4.